The SMILES string of the molecule is [B]C1=C(C(=O)OC)c2cn(C)nc2CC1. The van der Waals surface area contributed by atoms with E-state index in [1.54, 1.807) is 10.9 Å². The zero-order chi connectivity index (χ0) is 11.0. The maximum atomic E-state index is 11.6. The normalized spacial score (nSPS) is 15.1. The molecule has 76 valence electrons. The summed E-state index contributed by atoms with van der Waals surface area (Å²) in [6.45, 7) is 0. The topological polar surface area (TPSA) is 44.1 Å². The first-order valence-electron chi connectivity index (χ1n) is 4.73. The monoisotopic (exact) mass is 202 g/mol. The van der Waals surface area contributed by atoms with E-state index in [0.717, 1.165) is 17.7 Å². The number of aryl methyl sites for hydroxylation is 2. The second-order valence-electron chi connectivity index (χ2n) is 3.55. The lowest BCUT2D eigenvalue weighted by Crippen LogP contribution is -2.12. The maximum Gasteiger partial charge on any atom is 0.337 e. The van der Waals surface area contributed by atoms with Gasteiger partial charge in [-0.1, -0.05) is 0 Å². The van der Waals surface area contributed by atoms with Crippen molar-refractivity contribution in [2.45, 2.75) is 12.8 Å². The number of hydrogen-bond donors (Lipinski definition) is 0. The van der Waals surface area contributed by atoms with Crippen LogP contribution in [0.5, 0.6) is 0 Å². The van der Waals surface area contributed by atoms with Gasteiger partial charge in [0.25, 0.3) is 0 Å². The lowest BCUT2D eigenvalue weighted by molar-refractivity contribution is -0.133. The van der Waals surface area contributed by atoms with Crippen molar-refractivity contribution < 1.29 is 9.53 Å². The summed E-state index contributed by atoms with van der Waals surface area (Å²) >= 11 is 0. The summed E-state index contributed by atoms with van der Waals surface area (Å²) in [6.07, 6.45) is 3.24. The number of carbonyl (C=O) groups is 1. The molecule has 0 amide bonds. The van der Waals surface area contributed by atoms with Crippen molar-refractivity contribution in [2.75, 3.05) is 7.11 Å². The number of ether oxygens (including phenoxy) is 1. The Kier molecular flexibility index (Phi) is 2.38. The van der Waals surface area contributed by atoms with E-state index in [1.807, 2.05) is 7.05 Å². The summed E-state index contributed by atoms with van der Waals surface area (Å²) in [5, 5.41) is 4.27. The van der Waals surface area contributed by atoms with Crippen LogP contribution in [0.2, 0.25) is 0 Å². The van der Waals surface area contributed by atoms with E-state index in [2.05, 4.69) is 5.10 Å². The van der Waals surface area contributed by atoms with Crippen molar-refractivity contribution in [3.63, 3.8) is 0 Å². The Morgan fingerprint density at radius 1 is 1.60 bits per heavy atom. The van der Waals surface area contributed by atoms with Gasteiger partial charge in [0, 0.05) is 18.8 Å². The Labute approximate surface area is 89.3 Å². The van der Waals surface area contributed by atoms with Gasteiger partial charge in [0.1, 0.15) is 7.85 Å². The summed E-state index contributed by atoms with van der Waals surface area (Å²) in [7, 11) is 9.00. The molecular formula is C10H11BN2O2. The molecule has 0 saturated carbocycles. The first-order valence-corrected chi connectivity index (χ1v) is 4.73. The van der Waals surface area contributed by atoms with Gasteiger partial charge in [-0.2, -0.15) is 5.10 Å². The third-order valence-electron chi connectivity index (χ3n) is 2.52. The molecule has 0 N–H and O–H groups in total. The van der Waals surface area contributed by atoms with E-state index in [0.29, 0.717) is 17.5 Å². The van der Waals surface area contributed by atoms with Crippen LogP contribution in [0.25, 0.3) is 5.57 Å². The summed E-state index contributed by atoms with van der Waals surface area (Å²) < 4.78 is 6.40. The number of allylic oxidation sites excluding steroid dienone is 1. The lowest BCUT2D eigenvalue weighted by Gasteiger charge is -2.15. The van der Waals surface area contributed by atoms with Crippen LogP contribution in [0.1, 0.15) is 17.7 Å². The molecule has 0 atom stereocenters. The minimum Gasteiger partial charge on any atom is -0.465 e. The Hall–Kier alpha value is -1.52. The van der Waals surface area contributed by atoms with Crippen molar-refractivity contribution in [1.82, 2.24) is 9.78 Å². The van der Waals surface area contributed by atoms with Crippen LogP contribution in [0.4, 0.5) is 0 Å². The van der Waals surface area contributed by atoms with Crippen LogP contribution < -0.4 is 0 Å². The van der Waals surface area contributed by atoms with E-state index in [1.165, 1.54) is 7.11 Å². The van der Waals surface area contributed by atoms with E-state index >= 15 is 0 Å². The molecule has 0 saturated heterocycles. The molecule has 1 aliphatic carbocycles. The number of fused-ring (bicyclic) bond motifs is 1. The highest BCUT2D eigenvalue weighted by atomic mass is 16.5. The second kappa shape index (κ2) is 3.57. The molecule has 0 fully saturated rings. The standard InChI is InChI=1S/C10H11BN2O2/c1-13-5-6-8(12-13)4-3-7(11)9(6)10(14)15-2/h5H,3-4H2,1-2H3. The summed E-state index contributed by atoms with van der Waals surface area (Å²) in [5.41, 5.74) is 2.76. The average molecular weight is 202 g/mol. The largest absolute Gasteiger partial charge is 0.465 e. The van der Waals surface area contributed by atoms with Gasteiger partial charge in [-0.15, -0.1) is 5.47 Å². The zero-order valence-electron chi connectivity index (χ0n) is 8.78. The minimum absolute atomic E-state index is 0.388. The average Bonchev–Trinajstić information content (AvgIpc) is 2.57. The van der Waals surface area contributed by atoms with Crippen LogP contribution in [0, 0.1) is 0 Å². The van der Waals surface area contributed by atoms with Crippen molar-refractivity contribution in [1.29, 1.82) is 0 Å². The van der Waals surface area contributed by atoms with E-state index in [-0.39, 0.29) is 5.97 Å². The van der Waals surface area contributed by atoms with Crippen molar-refractivity contribution in [3.8, 4) is 0 Å². The highest BCUT2D eigenvalue weighted by Gasteiger charge is 2.24. The van der Waals surface area contributed by atoms with Gasteiger partial charge in [-0.05, 0) is 12.8 Å². The van der Waals surface area contributed by atoms with Gasteiger partial charge in [-0.3, -0.25) is 4.68 Å². The molecule has 4 nitrogen and oxygen atoms in total. The molecule has 0 spiro atoms. The molecule has 0 bridgehead atoms. The van der Waals surface area contributed by atoms with Gasteiger partial charge in [-0.25, -0.2) is 4.79 Å². The molecule has 1 aromatic rings. The Balaban J connectivity index is 2.54. The molecule has 2 rings (SSSR count). The molecule has 1 heterocycles. The van der Waals surface area contributed by atoms with Crippen LogP contribution in [0.15, 0.2) is 11.7 Å². The highest BCUT2D eigenvalue weighted by molar-refractivity contribution is 6.34. The number of nitrogens with zero attached hydrogens (tertiary/aromatic N) is 2. The number of carbonyl (C=O) groups excluding carboxylic acids is 1. The minimum atomic E-state index is -0.388. The third kappa shape index (κ3) is 1.58. The van der Waals surface area contributed by atoms with Gasteiger partial charge in [0.15, 0.2) is 0 Å². The molecule has 1 aromatic heterocycles. The highest BCUT2D eigenvalue weighted by Crippen LogP contribution is 2.29. The zero-order valence-corrected chi connectivity index (χ0v) is 8.78. The fourth-order valence-corrected chi connectivity index (χ4v) is 1.82. The van der Waals surface area contributed by atoms with E-state index in [4.69, 9.17) is 12.6 Å². The Bertz CT molecular complexity index is 448. The van der Waals surface area contributed by atoms with Crippen LogP contribution in [-0.2, 0) is 23.0 Å². The molecule has 2 radical (unpaired) electrons. The van der Waals surface area contributed by atoms with Gasteiger partial charge in [0.2, 0.25) is 0 Å². The first-order chi connectivity index (χ1) is 7.13. The van der Waals surface area contributed by atoms with Crippen molar-refractivity contribution in [2.24, 2.45) is 7.05 Å². The predicted octanol–water partition coefficient (Wildman–Crippen LogP) is 0.419. The molecule has 0 aliphatic heterocycles. The van der Waals surface area contributed by atoms with Crippen LogP contribution >= 0.6 is 0 Å². The molecular weight excluding hydrogens is 191 g/mol. The number of rotatable bonds is 1. The smallest absolute Gasteiger partial charge is 0.337 e. The van der Waals surface area contributed by atoms with E-state index in [9.17, 15) is 4.79 Å². The molecule has 0 aromatic carbocycles. The molecule has 5 heteroatoms. The second-order valence-corrected chi connectivity index (χ2v) is 3.55. The van der Waals surface area contributed by atoms with E-state index < -0.39 is 0 Å². The maximum absolute atomic E-state index is 11.6. The summed E-state index contributed by atoms with van der Waals surface area (Å²) in [5.74, 6) is -0.388. The Morgan fingerprint density at radius 2 is 2.33 bits per heavy atom. The first kappa shape index (κ1) is 10.0. The summed E-state index contributed by atoms with van der Waals surface area (Å²) in [6, 6.07) is 0. The quantitative estimate of drug-likeness (QED) is 0.489. The Morgan fingerprint density at radius 3 is 3.00 bits per heavy atom. The fraction of sp³-hybridized carbons (Fsp3) is 0.400. The lowest BCUT2D eigenvalue weighted by atomic mass is 9.79. The number of aromatic nitrogens is 2. The van der Waals surface area contributed by atoms with Gasteiger partial charge >= 0.3 is 5.97 Å². The number of methoxy groups -OCH3 is 1. The third-order valence-corrected chi connectivity index (χ3v) is 2.52. The molecule has 0 unspecified atom stereocenters. The van der Waals surface area contributed by atoms with Gasteiger partial charge < -0.3 is 4.74 Å². The number of esters is 1. The van der Waals surface area contributed by atoms with Crippen molar-refractivity contribution in [3.05, 3.63) is 22.9 Å². The predicted molar refractivity (Wildman–Crippen MR) is 56.2 cm³/mol. The fourth-order valence-electron chi connectivity index (χ4n) is 1.82. The van der Waals surface area contributed by atoms with Gasteiger partial charge in [0.05, 0.1) is 18.4 Å². The summed E-state index contributed by atoms with van der Waals surface area (Å²) in [4.78, 5) is 11.6. The molecule has 15 heavy (non-hydrogen) atoms. The van der Waals surface area contributed by atoms with Crippen LogP contribution in [-0.4, -0.2) is 30.7 Å². The molecule has 1 aliphatic rings. The van der Waals surface area contributed by atoms with Crippen molar-refractivity contribution >= 4 is 19.4 Å². The number of hydrogen-bond acceptors (Lipinski definition) is 3. The van der Waals surface area contributed by atoms with Crippen LogP contribution in [0.3, 0.4) is 0 Å².